The fraction of sp³-hybridized carbons (Fsp3) is 0.571. The molecule has 0 heterocycles. The molecule has 0 bridgehead atoms. The highest BCUT2D eigenvalue weighted by Gasteiger charge is 2.12. The first-order chi connectivity index (χ1) is 6.81. The largest absolute Gasteiger partial charge is 0.0651 e. The maximum atomic E-state index is 2.40. The number of aryl methyl sites for hydroxylation is 3. The van der Waals surface area contributed by atoms with Gasteiger partial charge >= 0.3 is 0 Å². The van der Waals surface area contributed by atoms with Crippen LogP contribution in [0, 0.1) is 6.92 Å². The fourth-order valence-electron chi connectivity index (χ4n) is 2.63. The van der Waals surface area contributed by atoms with Gasteiger partial charge in [-0.15, -0.1) is 0 Å². The summed E-state index contributed by atoms with van der Waals surface area (Å²) >= 11 is 0. The van der Waals surface area contributed by atoms with Gasteiger partial charge in [0.2, 0.25) is 0 Å². The lowest BCUT2D eigenvalue weighted by Gasteiger charge is -2.20. The molecule has 0 unspecified atom stereocenters. The van der Waals surface area contributed by atoms with Crippen molar-refractivity contribution >= 4 is 0 Å². The zero-order chi connectivity index (χ0) is 9.97. The van der Waals surface area contributed by atoms with Crippen LogP contribution in [-0.4, -0.2) is 0 Å². The average Bonchev–Trinajstić information content (AvgIpc) is 2.18. The molecule has 0 N–H and O–H groups in total. The Morgan fingerprint density at radius 2 is 1.93 bits per heavy atom. The van der Waals surface area contributed by atoms with Gasteiger partial charge in [0.25, 0.3) is 0 Å². The fourth-order valence-corrected chi connectivity index (χ4v) is 2.63. The van der Waals surface area contributed by atoms with E-state index in [0.29, 0.717) is 0 Å². The van der Waals surface area contributed by atoms with Crippen molar-refractivity contribution in [1.82, 2.24) is 0 Å². The summed E-state index contributed by atoms with van der Waals surface area (Å²) in [5, 5.41) is 0. The predicted molar refractivity (Wildman–Crippen MR) is 61.8 cm³/mol. The molecule has 1 aromatic carbocycles. The number of benzene rings is 1. The molecule has 0 aliphatic heterocycles. The maximum Gasteiger partial charge on any atom is -0.0273 e. The molecule has 0 nitrogen and oxygen atoms in total. The standard InChI is InChI=1S/C14H20/c1-3-6-12-9-11(2)10-13-7-4-5-8-14(12)13/h9-10H,3-8H2,1-2H3. The predicted octanol–water partition coefficient (Wildman–Crippen LogP) is 3.83. The van der Waals surface area contributed by atoms with E-state index >= 15 is 0 Å². The number of fused-ring (bicyclic) bond motifs is 1. The molecule has 76 valence electrons. The molecule has 0 spiro atoms. The third-order valence-electron chi connectivity index (χ3n) is 3.22. The van der Waals surface area contributed by atoms with Crippen LogP contribution in [0.1, 0.15) is 48.4 Å². The normalized spacial score (nSPS) is 15.3. The topological polar surface area (TPSA) is 0 Å². The van der Waals surface area contributed by atoms with Crippen LogP contribution in [-0.2, 0) is 19.3 Å². The molecule has 0 radical (unpaired) electrons. The summed E-state index contributed by atoms with van der Waals surface area (Å²) in [6, 6.07) is 4.79. The van der Waals surface area contributed by atoms with E-state index in [9.17, 15) is 0 Å². The second-order valence-corrected chi connectivity index (χ2v) is 4.52. The van der Waals surface area contributed by atoms with Gasteiger partial charge in [0, 0.05) is 0 Å². The zero-order valence-corrected chi connectivity index (χ0v) is 9.40. The first-order valence-corrected chi connectivity index (χ1v) is 5.92. The van der Waals surface area contributed by atoms with Crippen LogP contribution in [0.15, 0.2) is 12.1 Å². The summed E-state index contributed by atoms with van der Waals surface area (Å²) in [5.74, 6) is 0. The molecule has 0 heteroatoms. The zero-order valence-electron chi connectivity index (χ0n) is 9.40. The highest BCUT2D eigenvalue weighted by atomic mass is 14.2. The number of hydrogen-bond donors (Lipinski definition) is 0. The van der Waals surface area contributed by atoms with Crippen LogP contribution >= 0.6 is 0 Å². The third kappa shape index (κ3) is 1.84. The lowest BCUT2D eigenvalue weighted by Crippen LogP contribution is -2.07. The molecule has 0 saturated carbocycles. The van der Waals surface area contributed by atoms with Crippen molar-refractivity contribution in [3.8, 4) is 0 Å². The Bertz CT molecular complexity index is 323. The SMILES string of the molecule is CCCc1cc(C)cc2c1CCCC2. The number of rotatable bonds is 2. The summed E-state index contributed by atoms with van der Waals surface area (Å²) < 4.78 is 0. The van der Waals surface area contributed by atoms with E-state index in [1.54, 1.807) is 16.7 Å². The van der Waals surface area contributed by atoms with Gasteiger partial charge in [0.15, 0.2) is 0 Å². The molecule has 0 aromatic heterocycles. The summed E-state index contributed by atoms with van der Waals surface area (Å²) in [7, 11) is 0. The second-order valence-electron chi connectivity index (χ2n) is 4.52. The van der Waals surface area contributed by atoms with Crippen LogP contribution in [0.2, 0.25) is 0 Å². The van der Waals surface area contributed by atoms with Gasteiger partial charge in [0.1, 0.15) is 0 Å². The van der Waals surface area contributed by atoms with E-state index < -0.39 is 0 Å². The average molecular weight is 188 g/mol. The van der Waals surface area contributed by atoms with Gasteiger partial charge in [0.05, 0.1) is 0 Å². The van der Waals surface area contributed by atoms with Crippen molar-refractivity contribution in [3.05, 3.63) is 34.4 Å². The van der Waals surface area contributed by atoms with Crippen molar-refractivity contribution in [3.63, 3.8) is 0 Å². The maximum absolute atomic E-state index is 2.40. The molecule has 1 aromatic rings. The minimum absolute atomic E-state index is 1.27. The lowest BCUT2D eigenvalue weighted by atomic mass is 9.85. The Kier molecular flexibility index (Phi) is 2.90. The summed E-state index contributed by atoms with van der Waals surface area (Å²) in [6.07, 6.45) is 7.97. The minimum atomic E-state index is 1.27. The molecule has 0 saturated heterocycles. The Labute approximate surface area is 87.3 Å². The van der Waals surface area contributed by atoms with E-state index in [4.69, 9.17) is 0 Å². The van der Waals surface area contributed by atoms with Gasteiger partial charge in [-0.1, -0.05) is 31.0 Å². The summed E-state index contributed by atoms with van der Waals surface area (Å²) in [5.41, 5.74) is 6.40. The smallest absolute Gasteiger partial charge is 0.0273 e. The van der Waals surface area contributed by atoms with Crippen molar-refractivity contribution in [2.24, 2.45) is 0 Å². The highest BCUT2D eigenvalue weighted by molar-refractivity contribution is 5.40. The molecule has 2 rings (SSSR count). The van der Waals surface area contributed by atoms with E-state index in [-0.39, 0.29) is 0 Å². The van der Waals surface area contributed by atoms with Gasteiger partial charge in [-0.3, -0.25) is 0 Å². The Morgan fingerprint density at radius 3 is 2.71 bits per heavy atom. The highest BCUT2D eigenvalue weighted by Crippen LogP contribution is 2.26. The van der Waals surface area contributed by atoms with Crippen LogP contribution < -0.4 is 0 Å². The Balaban J connectivity index is 2.41. The molecule has 0 amide bonds. The van der Waals surface area contributed by atoms with Gasteiger partial charge in [-0.2, -0.15) is 0 Å². The van der Waals surface area contributed by atoms with Gasteiger partial charge < -0.3 is 0 Å². The van der Waals surface area contributed by atoms with E-state index in [1.165, 1.54) is 44.1 Å². The monoisotopic (exact) mass is 188 g/mol. The molecular weight excluding hydrogens is 168 g/mol. The van der Waals surface area contributed by atoms with Crippen molar-refractivity contribution in [2.45, 2.75) is 52.4 Å². The van der Waals surface area contributed by atoms with Crippen molar-refractivity contribution < 1.29 is 0 Å². The van der Waals surface area contributed by atoms with E-state index in [1.807, 2.05) is 0 Å². The molecule has 14 heavy (non-hydrogen) atoms. The molecule has 0 atom stereocenters. The first kappa shape index (κ1) is 9.76. The first-order valence-electron chi connectivity index (χ1n) is 5.92. The molecular formula is C14H20. The second kappa shape index (κ2) is 4.16. The van der Waals surface area contributed by atoms with Crippen molar-refractivity contribution in [1.29, 1.82) is 0 Å². The van der Waals surface area contributed by atoms with Crippen LogP contribution in [0.3, 0.4) is 0 Å². The minimum Gasteiger partial charge on any atom is -0.0651 e. The third-order valence-corrected chi connectivity index (χ3v) is 3.22. The number of hydrogen-bond acceptors (Lipinski definition) is 0. The lowest BCUT2D eigenvalue weighted by molar-refractivity contribution is 0.675. The van der Waals surface area contributed by atoms with Gasteiger partial charge in [-0.25, -0.2) is 0 Å². The van der Waals surface area contributed by atoms with E-state index in [0.717, 1.165) is 0 Å². The van der Waals surface area contributed by atoms with E-state index in [2.05, 4.69) is 26.0 Å². The Morgan fingerprint density at radius 1 is 1.14 bits per heavy atom. The Hall–Kier alpha value is -0.780. The van der Waals surface area contributed by atoms with Crippen LogP contribution in [0.4, 0.5) is 0 Å². The molecule has 1 aliphatic rings. The van der Waals surface area contributed by atoms with Crippen molar-refractivity contribution in [2.75, 3.05) is 0 Å². The summed E-state index contributed by atoms with van der Waals surface area (Å²) in [4.78, 5) is 0. The molecule has 0 fully saturated rings. The van der Waals surface area contributed by atoms with Crippen LogP contribution in [0.5, 0.6) is 0 Å². The van der Waals surface area contributed by atoms with Gasteiger partial charge in [-0.05, 0) is 55.7 Å². The summed E-state index contributed by atoms with van der Waals surface area (Å²) in [6.45, 7) is 4.51. The van der Waals surface area contributed by atoms with Crippen LogP contribution in [0.25, 0.3) is 0 Å². The quantitative estimate of drug-likeness (QED) is 0.661. The molecule has 1 aliphatic carbocycles.